The minimum atomic E-state index is -0.236. The van der Waals surface area contributed by atoms with Gasteiger partial charge in [-0.2, -0.15) is 0 Å². The molecular formula is C14H24N2O3. The molecule has 1 amide bonds. The van der Waals surface area contributed by atoms with Crippen LogP contribution in [0.2, 0.25) is 0 Å². The highest BCUT2D eigenvalue weighted by Gasteiger charge is 2.37. The molecular weight excluding hydrogens is 244 g/mol. The third kappa shape index (κ3) is 3.26. The molecule has 2 rings (SSSR count). The molecule has 0 bridgehead atoms. The van der Waals surface area contributed by atoms with Crippen molar-refractivity contribution in [3.63, 3.8) is 0 Å². The molecule has 0 aromatic heterocycles. The first-order valence-electron chi connectivity index (χ1n) is 7.26. The summed E-state index contributed by atoms with van der Waals surface area (Å²) in [6, 6.07) is -0.00490. The Balaban J connectivity index is 2.02. The van der Waals surface area contributed by atoms with E-state index >= 15 is 0 Å². The number of hydrogen-bond donors (Lipinski definition) is 1. The van der Waals surface area contributed by atoms with E-state index in [1.807, 2.05) is 4.90 Å². The number of esters is 1. The van der Waals surface area contributed by atoms with Crippen molar-refractivity contribution in [3.05, 3.63) is 0 Å². The number of likely N-dealkylation sites (tertiary alicyclic amines) is 1. The predicted octanol–water partition coefficient (Wildman–Crippen LogP) is 1.06. The van der Waals surface area contributed by atoms with Gasteiger partial charge in [0.25, 0.3) is 0 Å². The van der Waals surface area contributed by atoms with Gasteiger partial charge in [0.2, 0.25) is 5.91 Å². The normalized spacial score (nSPS) is 31.3. The summed E-state index contributed by atoms with van der Waals surface area (Å²) >= 11 is 0. The van der Waals surface area contributed by atoms with Gasteiger partial charge in [-0.25, -0.2) is 0 Å². The van der Waals surface area contributed by atoms with Crippen LogP contribution < -0.4 is 5.73 Å². The molecule has 2 aliphatic rings. The second kappa shape index (κ2) is 6.37. The smallest absolute Gasteiger partial charge is 0.307 e. The lowest BCUT2D eigenvalue weighted by atomic mass is 9.95. The van der Waals surface area contributed by atoms with E-state index in [4.69, 9.17) is 10.5 Å². The predicted molar refractivity (Wildman–Crippen MR) is 71.3 cm³/mol. The van der Waals surface area contributed by atoms with Crippen molar-refractivity contribution < 1.29 is 14.3 Å². The minimum Gasteiger partial charge on any atom is -0.469 e. The van der Waals surface area contributed by atoms with Gasteiger partial charge in [0.15, 0.2) is 0 Å². The highest BCUT2D eigenvalue weighted by Crippen LogP contribution is 2.29. The Labute approximate surface area is 114 Å². The Kier molecular flexibility index (Phi) is 4.80. The first kappa shape index (κ1) is 14.3. The summed E-state index contributed by atoms with van der Waals surface area (Å²) in [6.45, 7) is 0.754. The van der Waals surface area contributed by atoms with Crippen LogP contribution in [-0.2, 0) is 14.3 Å². The third-order valence-corrected chi connectivity index (χ3v) is 4.43. The number of methoxy groups -OCH3 is 1. The number of carbonyl (C=O) groups is 2. The molecule has 19 heavy (non-hydrogen) atoms. The lowest BCUT2D eigenvalue weighted by molar-refractivity contribution is -0.146. The van der Waals surface area contributed by atoms with E-state index in [0.717, 1.165) is 45.1 Å². The van der Waals surface area contributed by atoms with Crippen molar-refractivity contribution in [2.45, 2.75) is 57.0 Å². The number of piperidine rings is 1. The zero-order valence-electron chi connectivity index (χ0n) is 11.6. The molecule has 1 aliphatic carbocycles. The van der Waals surface area contributed by atoms with Crippen LogP contribution in [0.1, 0.15) is 44.9 Å². The zero-order chi connectivity index (χ0) is 13.8. The fourth-order valence-electron chi connectivity index (χ4n) is 3.29. The summed E-state index contributed by atoms with van der Waals surface area (Å²) in [6.07, 6.45) is 6.15. The number of nitrogens with zero attached hydrogens (tertiary/aromatic N) is 1. The van der Waals surface area contributed by atoms with Crippen LogP contribution in [-0.4, -0.2) is 42.5 Å². The number of nitrogens with two attached hydrogens (primary N) is 1. The van der Waals surface area contributed by atoms with E-state index < -0.39 is 0 Å². The molecule has 1 saturated heterocycles. The van der Waals surface area contributed by atoms with Crippen LogP contribution >= 0.6 is 0 Å². The van der Waals surface area contributed by atoms with E-state index in [0.29, 0.717) is 6.42 Å². The van der Waals surface area contributed by atoms with Crippen molar-refractivity contribution >= 4 is 11.9 Å². The van der Waals surface area contributed by atoms with Crippen LogP contribution in [0.25, 0.3) is 0 Å². The maximum Gasteiger partial charge on any atom is 0.307 e. The summed E-state index contributed by atoms with van der Waals surface area (Å²) < 4.78 is 4.73. The Morgan fingerprint density at radius 2 is 2.00 bits per heavy atom. The zero-order valence-corrected chi connectivity index (χ0v) is 11.6. The van der Waals surface area contributed by atoms with Gasteiger partial charge in [0.05, 0.1) is 19.4 Å². The molecule has 0 radical (unpaired) electrons. The number of amides is 1. The molecule has 0 spiro atoms. The first-order chi connectivity index (χ1) is 9.13. The van der Waals surface area contributed by atoms with Gasteiger partial charge < -0.3 is 15.4 Å². The minimum absolute atomic E-state index is 0.00139. The molecule has 1 heterocycles. The molecule has 0 aromatic rings. The lowest BCUT2D eigenvalue weighted by Crippen LogP contribution is -2.49. The van der Waals surface area contributed by atoms with E-state index in [1.54, 1.807) is 0 Å². The second-order valence-corrected chi connectivity index (χ2v) is 5.66. The molecule has 2 N–H and O–H groups in total. The number of rotatable bonds is 3. The fraction of sp³-hybridized carbons (Fsp3) is 0.857. The molecule has 2 fully saturated rings. The van der Waals surface area contributed by atoms with Gasteiger partial charge in [-0.05, 0) is 32.1 Å². The van der Waals surface area contributed by atoms with E-state index in [9.17, 15) is 9.59 Å². The standard InChI is InChI=1S/C14H24N2O3/c1-19-13(17)9-10-5-2-3-8-16(10)14(18)11-6-4-7-12(11)15/h10-12H,2-9,15H2,1H3. The molecule has 108 valence electrons. The lowest BCUT2D eigenvalue weighted by Gasteiger charge is -2.37. The molecule has 1 aliphatic heterocycles. The van der Waals surface area contributed by atoms with Crippen LogP contribution in [0.3, 0.4) is 0 Å². The number of ether oxygens (including phenoxy) is 1. The van der Waals surface area contributed by atoms with E-state index in [2.05, 4.69) is 0 Å². The molecule has 0 aromatic carbocycles. The summed E-state index contributed by atoms with van der Waals surface area (Å²) in [5.41, 5.74) is 6.02. The third-order valence-electron chi connectivity index (χ3n) is 4.43. The van der Waals surface area contributed by atoms with Crippen molar-refractivity contribution in [3.8, 4) is 0 Å². The monoisotopic (exact) mass is 268 g/mol. The Bertz CT molecular complexity index is 346. The molecule has 1 saturated carbocycles. The summed E-state index contributed by atoms with van der Waals surface area (Å²) in [5.74, 6) is -0.128. The van der Waals surface area contributed by atoms with Crippen molar-refractivity contribution in [1.29, 1.82) is 0 Å². The highest BCUT2D eigenvalue weighted by molar-refractivity contribution is 5.81. The van der Waals surface area contributed by atoms with E-state index in [-0.39, 0.29) is 29.9 Å². The molecule has 3 unspecified atom stereocenters. The van der Waals surface area contributed by atoms with Crippen LogP contribution in [0.15, 0.2) is 0 Å². The summed E-state index contributed by atoms with van der Waals surface area (Å²) in [4.78, 5) is 25.9. The van der Waals surface area contributed by atoms with Gasteiger partial charge in [-0.15, -0.1) is 0 Å². The van der Waals surface area contributed by atoms with Crippen LogP contribution in [0.5, 0.6) is 0 Å². The molecule has 5 nitrogen and oxygen atoms in total. The SMILES string of the molecule is COC(=O)CC1CCCCN1C(=O)C1CCCC1N. The van der Waals surface area contributed by atoms with Crippen LogP contribution in [0.4, 0.5) is 0 Å². The Hall–Kier alpha value is -1.10. The van der Waals surface area contributed by atoms with Gasteiger partial charge >= 0.3 is 5.97 Å². The van der Waals surface area contributed by atoms with E-state index in [1.165, 1.54) is 7.11 Å². The first-order valence-corrected chi connectivity index (χ1v) is 7.26. The van der Waals surface area contributed by atoms with Gasteiger partial charge in [0, 0.05) is 18.6 Å². The van der Waals surface area contributed by atoms with Gasteiger partial charge in [-0.1, -0.05) is 6.42 Å². The quantitative estimate of drug-likeness (QED) is 0.777. The Morgan fingerprint density at radius 1 is 1.21 bits per heavy atom. The molecule has 3 atom stereocenters. The average molecular weight is 268 g/mol. The number of carbonyl (C=O) groups excluding carboxylic acids is 2. The van der Waals surface area contributed by atoms with Crippen molar-refractivity contribution in [2.24, 2.45) is 11.7 Å². The topological polar surface area (TPSA) is 72.6 Å². The van der Waals surface area contributed by atoms with Crippen molar-refractivity contribution in [1.82, 2.24) is 4.90 Å². The second-order valence-electron chi connectivity index (χ2n) is 5.66. The molecule has 5 heteroatoms. The fourth-order valence-corrected chi connectivity index (χ4v) is 3.29. The van der Waals surface area contributed by atoms with Crippen LogP contribution in [0, 0.1) is 5.92 Å². The van der Waals surface area contributed by atoms with Gasteiger partial charge in [0.1, 0.15) is 0 Å². The van der Waals surface area contributed by atoms with Crippen molar-refractivity contribution in [2.75, 3.05) is 13.7 Å². The summed E-state index contributed by atoms with van der Waals surface area (Å²) in [7, 11) is 1.39. The van der Waals surface area contributed by atoms with Gasteiger partial charge in [-0.3, -0.25) is 9.59 Å². The Morgan fingerprint density at radius 3 is 2.63 bits per heavy atom. The summed E-state index contributed by atoms with van der Waals surface area (Å²) in [5, 5.41) is 0. The maximum absolute atomic E-state index is 12.6. The maximum atomic E-state index is 12.6. The average Bonchev–Trinajstić information content (AvgIpc) is 2.84. The number of hydrogen-bond acceptors (Lipinski definition) is 4. The largest absolute Gasteiger partial charge is 0.469 e. The highest BCUT2D eigenvalue weighted by atomic mass is 16.5.